The number of ether oxygens (including phenoxy) is 2. The Bertz CT molecular complexity index is 963. The van der Waals surface area contributed by atoms with Crippen molar-refractivity contribution < 1.29 is 19.1 Å². The van der Waals surface area contributed by atoms with Crippen LogP contribution in [0.1, 0.15) is 16.7 Å². The van der Waals surface area contributed by atoms with Gasteiger partial charge in [-0.2, -0.15) is 0 Å². The molecule has 0 aromatic heterocycles. The number of likely N-dealkylation sites (N-methyl/N-ethyl adjacent to an activating group) is 1. The smallest absolute Gasteiger partial charge is 0.277 e. The minimum atomic E-state index is -0.372. The molecule has 2 amide bonds. The van der Waals surface area contributed by atoms with E-state index in [9.17, 15) is 9.59 Å². The molecule has 0 saturated heterocycles. The lowest BCUT2D eigenvalue weighted by molar-refractivity contribution is -0.135. The van der Waals surface area contributed by atoms with Crippen LogP contribution in [0.25, 0.3) is 5.57 Å². The molecule has 1 aliphatic rings. The number of amides is 2. The molecule has 2 aromatic rings. The quantitative estimate of drug-likeness (QED) is 0.824. The standard InChI is InChI=1S/C21H22N2O4/c1-12-6-7-14(10-13(12)2)18-19(21(25)23(3)20(18)24)22-15-8-9-16(26-4)17(11-15)27-5/h6-11,22H,1-5H3. The first-order chi connectivity index (χ1) is 12.9. The molecule has 6 nitrogen and oxygen atoms in total. The van der Waals surface area contributed by atoms with E-state index in [0.717, 1.165) is 16.0 Å². The average molecular weight is 366 g/mol. The number of carbonyl (C=O) groups excluding carboxylic acids is 2. The van der Waals surface area contributed by atoms with Crippen LogP contribution in [0.5, 0.6) is 11.5 Å². The first-order valence-corrected chi connectivity index (χ1v) is 8.50. The molecule has 0 radical (unpaired) electrons. The van der Waals surface area contributed by atoms with Crippen molar-refractivity contribution >= 4 is 23.1 Å². The van der Waals surface area contributed by atoms with Gasteiger partial charge in [-0.15, -0.1) is 0 Å². The third-order valence-electron chi connectivity index (χ3n) is 4.74. The Morgan fingerprint density at radius 2 is 1.56 bits per heavy atom. The molecule has 0 aliphatic carbocycles. The van der Waals surface area contributed by atoms with E-state index in [-0.39, 0.29) is 17.5 Å². The molecule has 0 saturated carbocycles. The SMILES string of the molecule is COc1ccc(NC2=C(c3ccc(C)c(C)c3)C(=O)N(C)C2=O)cc1OC. The molecule has 27 heavy (non-hydrogen) atoms. The Kier molecular flexibility index (Phi) is 4.90. The van der Waals surface area contributed by atoms with E-state index in [1.165, 1.54) is 7.05 Å². The van der Waals surface area contributed by atoms with Gasteiger partial charge < -0.3 is 14.8 Å². The number of carbonyl (C=O) groups is 2. The molecular weight excluding hydrogens is 344 g/mol. The summed E-state index contributed by atoms with van der Waals surface area (Å²) in [6.45, 7) is 3.98. The highest BCUT2D eigenvalue weighted by Crippen LogP contribution is 2.34. The summed E-state index contributed by atoms with van der Waals surface area (Å²) in [7, 11) is 4.58. The third kappa shape index (κ3) is 3.26. The molecule has 3 rings (SSSR count). The van der Waals surface area contributed by atoms with Crippen molar-refractivity contribution in [3.8, 4) is 11.5 Å². The highest BCUT2D eigenvalue weighted by atomic mass is 16.5. The maximum Gasteiger partial charge on any atom is 0.277 e. The maximum absolute atomic E-state index is 12.7. The minimum absolute atomic E-state index is 0.248. The number of anilines is 1. The molecule has 1 N–H and O–H groups in total. The molecule has 1 aliphatic heterocycles. The number of aryl methyl sites for hydroxylation is 2. The number of benzene rings is 2. The van der Waals surface area contributed by atoms with Gasteiger partial charge in [-0.05, 0) is 42.7 Å². The molecule has 0 bridgehead atoms. The summed E-state index contributed by atoms with van der Waals surface area (Å²) in [4.78, 5) is 26.5. The molecule has 6 heteroatoms. The lowest BCUT2D eigenvalue weighted by atomic mass is 9.99. The van der Waals surface area contributed by atoms with E-state index in [4.69, 9.17) is 9.47 Å². The summed E-state index contributed by atoms with van der Waals surface area (Å²) >= 11 is 0. The van der Waals surface area contributed by atoms with Crippen LogP contribution in [0.2, 0.25) is 0 Å². The molecule has 140 valence electrons. The van der Waals surface area contributed by atoms with Gasteiger partial charge in [0.2, 0.25) is 0 Å². The molecule has 0 fully saturated rings. The number of methoxy groups -OCH3 is 2. The first-order valence-electron chi connectivity index (χ1n) is 8.50. The summed E-state index contributed by atoms with van der Waals surface area (Å²) in [6.07, 6.45) is 0. The van der Waals surface area contributed by atoms with Gasteiger partial charge in [0.1, 0.15) is 5.70 Å². The van der Waals surface area contributed by atoms with Crippen molar-refractivity contribution in [2.75, 3.05) is 26.6 Å². The summed E-state index contributed by atoms with van der Waals surface area (Å²) in [5, 5.41) is 3.09. The van der Waals surface area contributed by atoms with Gasteiger partial charge in [-0.3, -0.25) is 14.5 Å². The Labute approximate surface area is 158 Å². The predicted molar refractivity (Wildman–Crippen MR) is 104 cm³/mol. The van der Waals surface area contributed by atoms with E-state index < -0.39 is 0 Å². The number of hydrogen-bond acceptors (Lipinski definition) is 5. The number of nitrogens with one attached hydrogen (secondary N) is 1. The van der Waals surface area contributed by atoms with Gasteiger partial charge in [-0.25, -0.2) is 0 Å². The van der Waals surface area contributed by atoms with Crippen LogP contribution >= 0.6 is 0 Å². The van der Waals surface area contributed by atoms with E-state index in [0.29, 0.717) is 28.3 Å². The Hall–Kier alpha value is -3.28. The zero-order chi connectivity index (χ0) is 19.7. The fourth-order valence-electron chi connectivity index (χ4n) is 2.98. The van der Waals surface area contributed by atoms with E-state index in [1.54, 1.807) is 32.4 Å². The molecular formula is C21H22N2O4. The number of nitrogens with zero attached hydrogens (tertiary/aromatic N) is 1. The summed E-state index contributed by atoms with van der Waals surface area (Å²) in [6, 6.07) is 11.0. The highest BCUT2D eigenvalue weighted by Gasteiger charge is 2.37. The molecule has 0 unspecified atom stereocenters. The van der Waals surface area contributed by atoms with E-state index in [1.807, 2.05) is 32.0 Å². The number of hydrogen-bond donors (Lipinski definition) is 1. The Morgan fingerprint density at radius 1 is 0.852 bits per heavy atom. The Balaban J connectivity index is 2.08. The largest absolute Gasteiger partial charge is 0.493 e. The zero-order valence-corrected chi connectivity index (χ0v) is 16.0. The predicted octanol–water partition coefficient (Wildman–Crippen LogP) is 3.14. The molecule has 0 spiro atoms. The summed E-state index contributed by atoms with van der Waals surface area (Å²) in [5.41, 5.74) is 4.13. The van der Waals surface area contributed by atoms with Gasteiger partial charge >= 0.3 is 0 Å². The fourth-order valence-corrected chi connectivity index (χ4v) is 2.98. The molecule has 0 atom stereocenters. The van der Waals surface area contributed by atoms with E-state index in [2.05, 4.69) is 5.32 Å². The fraction of sp³-hybridized carbons (Fsp3) is 0.238. The Morgan fingerprint density at radius 3 is 2.19 bits per heavy atom. The van der Waals surface area contributed by atoms with Gasteiger partial charge in [0.25, 0.3) is 11.8 Å². The van der Waals surface area contributed by atoms with Gasteiger partial charge in [0.15, 0.2) is 11.5 Å². The molecule has 2 aromatic carbocycles. The summed E-state index contributed by atoms with van der Waals surface area (Å²) < 4.78 is 10.5. The second-order valence-electron chi connectivity index (χ2n) is 6.41. The van der Waals surface area contributed by atoms with Crippen molar-refractivity contribution in [3.63, 3.8) is 0 Å². The van der Waals surface area contributed by atoms with Crippen molar-refractivity contribution in [1.82, 2.24) is 4.90 Å². The highest BCUT2D eigenvalue weighted by molar-refractivity contribution is 6.36. The topological polar surface area (TPSA) is 67.9 Å². The van der Waals surface area contributed by atoms with Crippen LogP contribution in [-0.2, 0) is 9.59 Å². The van der Waals surface area contributed by atoms with Crippen molar-refractivity contribution in [2.24, 2.45) is 0 Å². The maximum atomic E-state index is 12.7. The zero-order valence-electron chi connectivity index (χ0n) is 16.0. The van der Waals surface area contributed by atoms with E-state index >= 15 is 0 Å². The van der Waals surface area contributed by atoms with Gasteiger partial charge in [-0.1, -0.05) is 18.2 Å². The van der Waals surface area contributed by atoms with Crippen molar-refractivity contribution in [1.29, 1.82) is 0 Å². The van der Waals surface area contributed by atoms with Crippen LogP contribution in [0.15, 0.2) is 42.1 Å². The minimum Gasteiger partial charge on any atom is -0.493 e. The third-order valence-corrected chi connectivity index (χ3v) is 4.74. The monoisotopic (exact) mass is 366 g/mol. The van der Waals surface area contributed by atoms with Crippen LogP contribution in [-0.4, -0.2) is 38.0 Å². The normalized spacial score (nSPS) is 14.0. The number of imide groups is 1. The molecule has 1 heterocycles. The summed E-state index contributed by atoms with van der Waals surface area (Å²) in [5.74, 6) is 0.410. The number of rotatable bonds is 5. The lowest BCUT2D eigenvalue weighted by Gasteiger charge is -2.12. The second kappa shape index (κ2) is 7.15. The van der Waals surface area contributed by atoms with Crippen molar-refractivity contribution in [2.45, 2.75) is 13.8 Å². The van der Waals surface area contributed by atoms with Crippen LogP contribution in [0, 0.1) is 13.8 Å². The second-order valence-corrected chi connectivity index (χ2v) is 6.41. The van der Waals surface area contributed by atoms with Crippen molar-refractivity contribution in [3.05, 3.63) is 58.8 Å². The average Bonchev–Trinajstić information content (AvgIpc) is 2.88. The van der Waals surface area contributed by atoms with Gasteiger partial charge in [0.05, 0.1) is 19.8 Å². The van der Waals surface area contributed by atoms with Gasteiger partial charge in [0, 0.05) is 18.8 Å². The first kappa shape index (κ1) is 18.5. The van der Waals surface area contributed by atoms with Crippen LogP contribution < -0.4 is 14.8 Å². The van der Waals surface area contributed by atoms with Crippen LogP contribution in [0.3, 0.4) is 0 Å². The van der Waals surface area contributed by atoms with Crippen LogP contribution in [0.4, 0.5) is 5.69 Å². The lowest BCUT2D eigenvalue weighted by Crippen LogP contribution is -2.27.